The summed E-state index contributed by atoms with van der Waals surface area (Å²) in [5, 5.41) is 2.43. The minimum absolute atomic E-state index is 0.0444. The van der Waals surface area contributed by atoms with Crippen LogP contribution in [0.2, 0.25) is 0 Å². The predicted octanol–water partition coefficient (Wildman–Crippen LogP) is 2.16. The van der Waals surface area contributed by atoms with E-state index in [9.17, 15) is 45.2 Å². The first kappa shape index (κ1) is 29.2. The van der Waals surface area contributed by atoms with Crippen LogP contribution in [-0.2, 0) is 29.3 Å². The van der Waals surface area contributed by atoms with Crippen LogP contribution in [0.1, 0.15) is 23.2 Å². The molecule has 0 unspecified atom stereocenters. The zero-order chi connectivity index (χ0) is 27.2. The number of benzene rings is 1. The Kier molecular flexibility index (Phi) is 9.93. The van der Waals surface area contributed by atoms with Crippen LogP contribution in [0, 0.1) is 23.3 Å². The molecule has 1 atom stereocenters. The van der Waals surface area contributed by atoms with Gasteiger partial charge in [-0.05, 0) is 5.53 Å². The summed E-state index contributed by atoms with van der Waals surface area (Å²) >= 11 is 0. The second-order valence-corrected chi connectivity index (χ2v) is 10.8. The smallest absolute Gasteiger partial charge is 0.334 e. The maximum absolute atomic E-state index is 13.9. The molecule has 1 heterocycles. The standard InChI is InChI=1S/C16H13F4N5O8S3/c17-10-9(11(18)13(20)14(12(10)19)23-24-21)15(28)22-2-4-35-34-3-1-8(27)33-25-7(26)5-6(16(25)29)36(30,31)32/h6H,1-5H2,(H,22,28)(H,30,31,32)/t6-/m1/s1. The molecule has 36 heavy (non-hydrogen) atoms. The molecular formula is C16H13F4N5O8S3. The van der Waals surface area contributed by atoms with Gasteiger partial charge in [-0.2, -0.15) is 8.42 Å². The fourth-order valence-electron chi connectivity index (χ4n) is 2.55. The van der Waals surface area contributed by atoms with Gasteiger partial charge in [0.1, 0.15) is 11.3 Å². The Morgan fingerprint density at radius 2 is 1.72 bits per heavy atom. The van der Waals surface area contributed by atoms with Gasteiger partial charge in [0, 0.05) is 23.0 Å². The summed E-state index contributed by atoms with van der Waals surface area (Å²) in [5.41, 5.74) is 5.08. The number of nitrogens with zero attached hydrogens (tertiary/aromatic N) is 4. The highest BCUT2D eigenvalue weighted by molar-refractivity contribution is 8.76. The number of hydrogen-bond acceptors (Lipinski definition) is 10. The molecule has 0 spiro atoms. The van der Waals surface area contributed by atoms with Gasteiger partial charge >= 0.3 is 5.97 Å². The van der Waals surface area contributed by atoms with Crippen LogP contribution in [0.4, 0.5) is 23.2 Å². The van der Waals surface area contributed by atoms with Gasteiger partial charge in [-0.15, -0.1) is 5.06 Å². The van der Waals surface area contributed by atoms with Gasteiger partial charge in [-0.3, -0.25) is 18.9 Å². The van der Waals surface area contributed by atoms with Gasteiger partial charge in [-0.25, -0.2) is 22.4 Å². The molecule has 0 aromatic heterocycles. The average molecular weight is 576 g/mol. The molecule has 20 heteroatoms. The van der Waals surface area contributed by atoms with Crippen LogP contribution in [-0.4, -0.2) is 65.0 Å². The van der Waals surface area contributed by atoms with E-state index < -0.39 is 80.0 Å². The van der Waals surface area contributed by atoms with Crippen LogP contribution in [0.15, 0.2) is 5.11 Å². The number of azide groups is 1. The number of rotatable bonds is 11. The van der Waals surface area contributed by atoms with E-state index in [-0.39, 0.29) is 29.5 Å². The third-order valence-electron chi connectivity index (χ3n) is 4.17. The number of carbonyl (C=O) groups excluding carboxylic acids is 4. The van der Waals surface area contributed by atoms with Crippen LogP contribution < -0.4 is 5.32 Å². The molecule has 0 aliphatic carbocycles. The van der Waals surface area contributed by atoms with E-state index in [1.54, 1.807) is 0 Å². The quantitative estimate of drug-likeness (QED) is 0.0454. The number of amides is 3. The van der Waals surface area contributed by atoms with Crippen LogP contribution >= 0.6 is 21.6 Å². The Labute approximate surface area is 206 Å². The maximum Gasteiger partial charge on any atom is 0.334 e. The topological polar surface area (TPSA) is 196 Å². The Morgan fingerprint density at radius 3 is 2.25 bits per heavy atom. The van der Waals surface area contributed by atoms with Crippen molar-refractivity contribution in [3.8, 4) is 0 Å². The van der Waals surface area contributed by atoms with Crippen molar-refractivity contribution >= 4 is 61.1 Å². The number of hydroxylamine groups is 2. The van der Waals surface area contributed by atoms with Crippen LogP contribution in [0.3, 0.4) is 0 Å². The third kappa shape index (κ3) is 6.78. The number of hydrogen-bond donors (Lipinski definition) is 2. The summed E-state index contributed by atoms with van der Waals surface area (Å²) in [6.45, 7) is -0.227. The molecule has 1 aromatic rings. The molecule has 2 rings (SSSR count). The van der Waals surface area contributed by atoms with E-state index in [4.69, 9.17) is 10.1 Å². The largest absolute Gasteiger partial charge is 0.351 e. The lowest BCUT2D eigenvalue weighted by Gasteiger charge is -2.13. The lowest BCUT2D eigenvalue weighted by atomic mass is 10.1. The van der Waals surface area contributed by atoms with Crippen molar-refractivity contribution in [2.45, 2.75) is 18.1 Å². The number of imide groups is 1. The summed E-state index contributed by atoms with van der Waals surface area (Å²) in [4.78, 5) is 53.6. The van der Waals surface area contributed by atoms with E-state index >= 15 is 0 Å². The molecule has 2 N–H and O–H groups in total. The molecule has 1 aliphatic heterocycles. The Hall–Kier alpha value is -3.06. The van der Waals surface area contributed by atoms with E-state index in [1.165, 1.54) is 0 Å². The van der Waals surface area contributed by atoms with Crippen molar-refractivity contribution in [2.75, 3.05) is 18.1 Å². The molecule has 3 amide bonds. The zero-order valence-electron chi connectivity index (χ0n) is 17.4. The predicted molar refractivity (Wildman–Crippen MR) is 115 cm³/mol. The normalized spacial score (nSPS) is 15.6. The van der Waals surface area contributed by atoms with E-state index in [2.05, 4.69) is 9.95 Å². The van der Waals surface area contributed by atoms with Gasteiger partial charge in [0.05, 0.1) is 12.8 Å². The third-order valence-corrected chi connectivity index (χ3v) is 7.67. The molecule has 196 valence electrons. The molecule has 1 fully saturated rings. The molecular weight excluding hydrogens is 562 g/mol. The van der Waals surface area contributed by atoms with Gasteiger partial charge in [-0.1, -0.05) is 26.7 Å². The van der Waals surface area contributed by atoms with Crippen molar-refractivity contribution in [1.29, 1.82) is 0 Å². The second kappa shape index (κ2) is 12.3. The minimum atomic E-state index is -4.86. The van der Waals surface area contributed by atoms with Crippen molar-refractivity contribution < 1.29 is 54.5 Å². The highest BCUT2D eigenvalue weighted by Crippen LogP contribution is 2.30. The number of carbonyl (C=O) groups is 4. The first-order valence-electron chi connectivity index (χ1n) is 9.28. The fraction of sp³-hybridized carbons (Fsp3) is 0.375. The molecule has 1 aromatic carbocycles. The Balaban J connectivity index is 1.75. The van der Waals surface area contributed by atoms with Crippen molar-refractivity contribution in [3.05, 3.63) is 39.3 Å². The number of halogens is 4. The monoisotopic (exact) mass is 575 g/mol. The Morgan fingerprint density at radius 1 is 1.14 bits per heavy atom. The lowest BCUT2D eigenvalue weighted by molar-refractivity contribution is -0.197. The highest BCUT2D eigenvalue weighted by Gasteiger charge is 2.48. The zero-order valence-corrected chi connectivity index (χ0v) is 19.9. The molecule has 0 bridgehead atoms. The van der Waals surface area contributed by atoms with Gasteiger partial charge in [0.25, 0.3) is 27.8 Å². The first-order chi connectivity index (χ1) is 16.8. The summed E-state index contributed by atoms with van der Waals surface area (Å²) in [7, 11) is -2.77. The highest BCUT2D eigenvalue weighted by atomic mass is 33.1. The van der Waals surface area contributed by atoms with Crippen molar-refractivity contribution in [3.63, 3.8) is 0 Å². The van der Waals surface area contributed by atoms with E-state index in [0.29, 0.717) is 0 Å². The van der Waals surface area contributed by atoms with Gasteiger partial charge in [0.2, 0.25) is 0 Å². The first-order valence-corrected chi connectivity index (χ1v) is 13.3. The van der Waals surface area contributed by atoms with Crippen LogP contribution in [0.5, 0.6) is 0 Å². The molecule has 1 aliphatic rings. The van der Waals surface area contributed by atoms with Crippen molar-refractivity contribution in [1.82, 2.24) is 10.4 Å². The van der Waals surface area contributed by atoms with Crippen LogP contribution in [0.25, 0.3) is 10.4 Å². The molecule has 13 nitrogen and oxygen atoms in total. The lowest BCUT2D eigenvalue weighted by Crippen LogP contribution is -2.36. The van der Waals surface area contributed by atoms with E-state index in [1.807, 2.05) is 10.2 Å². The Bertz CT molecular complexity index is 1230. The molecule has 0 saturated carbocycles. The van der Waals surface area contributed by atoms with Gasteiger partial charge in [0.15, 0.2) is 28.5 Å². The molecule has 1 saturated heterocycles. The summed E-state index contributed by atoms with van der Waals surface area (Å²) in [6, 6.07) is 0. The summed E-state index contributed by atoms with van der Waals surface area (Å²) in [5.74, 6) is -13.1. The van der Waals surface area contributed by atoms with Gasteiger partial charge < -0.3 is 10.2 Å². The molecule has 0 radical (unpaired) electrons. The summed E-state index contributed by atoms with van der Waals surface area (Å²) in [6.07, 6.45) is -1.23. The average Bonchev–Trinajstić information content (AvgIpc) is 3.08. The SMILES string of the molecule is [N-]=[N+]=Nc1c(F)c(F)c(C(=O)NCCSSCCC(=O)ON2C(=O)C[C@@H](S(=O)(=O)O)C2=O)c(F)c1F. The second-order valence-electron chi connectivity index (χ2n) is 6.52. The number of nitrogens with one attached hydrogen (secondary N) is 1. The minimum Gasteiger partial charge on any atom is -0.351 e. The fourth-order valence-corrected chi connectivity index (χ4v) is 5.13. The van der Waals surface area contributed by atoms with E-state index in [0.717, 1.165) is 21.6 Å². The maximum atomic E-state index is 13.9. The summed E-state index contributed by atoms with van der Waals surface area (Å²) < 4.78 is 86.3. The van der Waals surface area contributed by atoms with Crippen molar-refractivity contribution in [2.24, 2.45) is 5.11 Å².